The van der Waals surface area contributed by atoms with Gasteiger partial charge in [-0.05, 0) is 25.0 Å². The highest BCUT2D eigenvalue weighted by atomic mass is 35.5. The zero-order valence-corrected chi connectivity index (χ0v) is 18.9. The minimum atomic E-state index is -0.490. The van der Waals surface area contributed by atoms with Crippen molar-refractivity contribution in [3.8, 4) is 11.6 Å². The highest BCUT2D eigenvalue weighted by Crippen LogP contribution is 2.47. The van der Waals surface area contributed by atoms with Gasteiger partial charge in [0, 0.05) is 33.3 Å². The van der Waals surface area contributed by atoms with Crippen molar-refractivity contribution in [1.29, 1.82) is 0 Å². The van der Waals surface area contributed by atoms with Crippen molar-refractivity contribution in [2.75, 3.05) is 40.0 Å². The Balaban J connectivity index is 1.49. The van der Waals surface area contributed by atoms with Crippen LogP contribution in [0.15, 0.2) is 33.8 Å². The summed E-state index contributed by atoms with van der Waals surface area (Å²) in [5, 5.41) is 4.61. The Morgan fingerprint density at radius 3 is 2.76 bits per heavy atom. The van der Waals surface area contributed by atoms with E-state index in [2.05, 4.69) is 20.0 Å². The summed E-state index contributed by atoms with van der Waals surface area (Å²) in [6.07, 6.45) is 3.28. The third kappa shape index (κ3) is 3.36. The first-order chi connectivity index (χ1) is 16.1. The molecule has 0 spiro atoms. The van der Waals surface area contributed by atoms with Crippen molar-refractivity contribution in [3.05, 3.63) is 45.7 Å². The summed E-state index contributed by atoms with van der Waals surface area (Å²) in [4.78, 5) is 25.1. The lowest BCUT2D eigenvalue weighted by molar-refractivity contribution is 0.0364. The van der Waals surface area contributed by atoms with E-state index in [0.717, 1.165) is 31.4 Å². The van der Waals surface area contributed by atoms with Gasteiger partial charge in [0.15, 0.2) is 5.69 Å². The molecule has 1 aliphatic carbocycles. The molecule has 3 aromatic heterocycles. The van der Waals surface area contributed by atoms with Crippen molar-refractivity contribution in [2.24, 2.45) is 0 Å². The number of hydrogen-bond donors (Lipinski definition) is 0. The van der Waals surface area contributed by atoms with E-state index in [0.29, 0.717) is 53.9 Å². The van der Waals surface area contributed by atoms with E-state index in [1.54, 1.807) is 28.5 Å². The Morgan fingerprint density at radius 2 is 2.00 bits per heavy atom. The third-order valence-corrected chi connectivity index (χ3v) is 6.89. The molecule has 10 nitrogen and oxygen atoms in total. The van der Waals surface area contributed by atoms with Crippen molar-refractivity contribution < 1.29 is 14.0 Å². The summed E-state index contributed by atoms with van der Waals surface area (Å²) in [6.45, 7) is 4.28. The number of fused-ring (bicyclic) bond motifs is 3. The first-order valence-electron chi connectivity index (χ1n) is 11.0. The molecule has 0 radical (unpaired) electrons. The minimum Gasteiger partial charge on any atom is -0.379 e. The third-order valence-electron chi connectivity index (χ3n) is 6.58. The van der Waals surface area contributed by atoms with Crippen LogP contribution in [0, 0.1) is 0 Å². The van der Waals surface area contributed by atoms with Crippen LogP contribution in [-0.4, -0.2) is 69.0 Å². The molecule has 0 unspecified atom stereocenters. The van der Waals surface area contributed by atoms with Crippen molar-refractivity contribution in [2.45, 2.75) is 25.0 Å². The molecule has 0 atom stereocenters. The zero-order chi connectivity index (χ0) is 22.6. The van der Waals surface area contributed by atoms with Gasteiger partial charge in [0.1, 0.15) is 17.4 Å². The molecule has 1 aliphatic heterocycles. The molecular weight excluding hydrogens is 448 g/mol. The summed E-state index contributed by atoms with van der Waals surface area (Å²) < 4.78 is 20.0. The fraction of sp³-hybridized carbons (Fsp3) is 0.455. The molecule has 4 aromatic rings. The van der Waals surface area contributed by atoms with E-state index >= 15 is 0 Å². The molecule has 4 heterocycles. The van der Waals surface area contributed by atoms with Gasteiger partial charge in [-0.2, -0.15) is 4.98 Å². The second-order valence-electron chi connectivity index (χ2n) is 8.45. The van der Waals surface area contributed by atoms with Gasteiger partial charge in [-0.1, -0.05) is 22.8 Å². The van der Waals surface area contributed by atoms with Gasteiger partial charge in [0.05, 0.1) is 29.3 Å². The van der Waals surface area contributed by atoms with E-state index in [4.69, 9.17) is 25.6 Å². The summed E-state index contributed by atoms with van der Waals surface area (Å²) in [7, 11) is 1.64. The molecule has 0 N–H and O–H groups in total. The standard InChI is InChI=1S/C22H23ClN6O4/c1-31-22(5-6-22)21-25-19(33-26-21)16-18-20(30)28(8-7-27-9-11-32-12-10-27)17-14(23)3-2-4-15(17)29(18)13-24-16/h2-4,13H,5-12H2,1H3. The zero-order valence-electron chi connectivity index (χ0n) is 18.2. The molecule has 6 rings (SSSR count). The average molecular weight is 471 g/mol. The Morgan fingerprint density at radius 1 is 1.18 bits per heavy atom. The summed E-state index contributed by atoms with van der Waals surface area (Å²) in [5.74, 6) is 0.687. The van der Waals surface area contributed by atoms with Gasteiger partial charge in [-0.15, -0.1) is 0 Å². The molecule has 172 valence electrons. The summed E-state index contributed by atoms with van der Waals surface area (Å²) >= 11 is 6.57. The van der Waals surface area contributed by atoms with Crippen LogP contribution < -0.4 is 5.56 Å². The van der Waals surface area contributed by atoms with Crippen LogP contribution in [0.25, 0.3) is 28.1 Å². The summed E-state index contributed by atoms with van der Waals surface area (Å²) in [5.41, 5.74) is 1.50. The number of morpholine rings is 1. The Labute approximate surface area is 193 Å². The second-order valence-corrected chi connectivity index (χ2v) is 8.86. The number of hydrogen-bond acceptors (Lipinski definition) is 8. The molecule has 0 bridgehead atoms. The van der Waals surface area contributed by atoms with E-state index in [1.165, 1.54) is 0 Å². The predicted molar refractivity (Wildman–Crippen MR) is 120 cm³/mol. The van der Waals surface area contributed by atoms with E-state index in [9.17, 15) is 4.79 Å². The monoisotopic (exact) mass is 470 g/mol. The highest BCUT2D eigenvalue weighted by Gasteiger charge is 2.49. The molecule has 11 heteroatoms. The number of para-hydroxylation sites is 1. The molecule has 1 saturated carbocycles. The molecule has 1 aromatic carbocycles. The second kappa shape index (κ2) is 7.91. The smallest absolute Gasteiger partial charge is 0.279 e. The van der Waals surface area contributed by atoms with Gasteiger partial charge in [-0.25, -0.2) is 4.98 Å². The van der Waals surface area contributed by atoms with Gasteiger partial charge < -0.3 is 18.6 Å². The summed E-state index contributed by atoms with van der Waals surface area (Å²) in [6, 6.07) is 5.58. The topological polar surface area (TPSA) is 99.9 Å². The van der Waals surface area contributed by atoms with Gasteiger partial charge in [0.25, 0.3) is 11.4 Å². The molecular formula is C22H23ClN6O4. The lowest BCUT2D eigenvalue weighted by Gasteiger charge is -2.27. The molecule has 2 fully saturated rings. The number of halogens is 1. The van der Waals surface area contributed by atoms with Crippen LogP contribution in [0.3, 0.4) is 0 Å². The van der Waals surface area contributed by atoms with Crippen molar-refractivity contribution >= 4 is 28.2 Å². The maximum atomic E-state index is 13.8. The maximum Gasteiger partial charge on any atom is 0.279 e. The lowest BCUT2D eigenvalue weighted by Crippen LogP contribution is -2.39. The highest BCUT2D eigenvalue weighted by molar-refractivity contribution is 6.35. The van der Waals surface area contributed by atoms with E-state index in [1.807, 2.05) is 12.1 Å². The number of aromatic nitrogens is 5. The maximum absolute atomic E-state index is 13.8. The first-order valence-corrected chi connectivity index (χ1v) is 11.4. The molecule has 1 saturated heterocycles. The Kier molecular flexibility index (Phi) is 4.98. The quantitative estimate of drug-likeness (QED) is 0.423. The first kappa shape index (κ1) is 20.8. The minimum absolute atomic E-state index is 0.203. The Hall–Kier alpha value is -2.79. The fourth-order valence-electron chi connectivity index (χ4n) is 4.50. The number of rotatable bonds is 6. The van der Waals surface area contributed by atoms with Crippen LogP contribution in [-0.2, 0) is 21.6 Å². The average Bonchev–Trinajstić information content (AvgIpc) is 3.26. The van der Waals surface area contributed by atoms with Gasteiger partial charge in [0.2, 0.25) is 5.82 Å². The fourth-order valence-corrected chi connectivity index (χ4v) is 4.78. The number of nitrogens with zero attached hydrogens (tertiary/aromatic N) is 6. The number of ether oxygens (including phenoxy) is 2. The molecule has 2 aliphatic rings. The van der Waals surface area contributed by atoms with Crippen LogP contribution in [0.5, 0.6) is 0 Å². The van der Waals surface area contributed by atoms with Crippen LogP contribution in [0.2, 0.25) is 5.02 Å². The number of imidazole rings is 1. The number of benzene rings is 1. The van der Waals surface area contributed by atoms with Gasteiger partial charge >= 0.3 is 0 Å². The van der Waals surface area contributed by atoms with Crippen LogP contribution >= 0.6 is 11.6 Å². The van der Waals surface area contributed by atoms with Crippen LogP contribution in [0.1, 0.15) is 18.7 Å². The largest absolute Gasteiger partial charge is 0.379 e. The molecule has 0 amide bonds. The van der Waals surface area contributed by atoms with Crippen molar-refractivity contribution in [3.63, 3.8) is 0 Å². The lowest BCUT2D eigenvalue weighted by atomic mass is 10.2. The van der Waals surface area contributed by atoms with Crippen LogP contribution in [0.4, 0.5) is 0 Å². The number of methoxy groups -OCH3 is 1. The SMILES string of the molecule is COC1(c2noc(-c3ncn4c3c(=O)n(CCN3CCOCC3)c3c(Cl)cccc34)n2)CC1. The van der Waals surface area contributed by atoms with E-state index < -0.39 is 5.60 Å². The van der Waals surface area contributed by atoms with Crippen molar-refractivity contribution in [1.82, 2.24) is 29.0 Å². The van der Waals surface area contributed by atoms with Gasteiger partial charge in [-0.3, -0.25) is 14.1 Å². The molecule has 33 heavy (non-hydrogen) atoms. The normalized spacial score (nSPS) is 18.4. The van der Waals surface area contributed by atoms with E-state index in [-0.39, 0.29) is 11.4 Å². The predicted octanol–water partition coefficient (Wildman–Crippen LogP) is 2.32. The Bertz CT molecular complexity index is 1400.